The van der Waals surface area contributed by atoms with Crippen LogP contribution in [0, 0.1) is 6.92 Å². The molecule has 1 aromatic rings. The first-order valence-corrected chi connectivity index (χ1v) is 7.25. The van der Waals surface area contributed by atoms with Gasteiger partial charge in [0.05, 0.1) is 5.76 Å². The molecule has 0 fully saturated rings. The zero-order valence-corrected chi connectivity index (χ0v) is 13.1. The van der Waals surface area contributed by atoms with Gasteiger partial charge in [-0.05, 0) is 57.6 Å². The van der Waals surface area contributed by atoms with Gasteiger partial charge in [-0.1, -0.05) is 37.8 Å². The Balaban J connectivity index is 2.59. The molecule has 0 aliphatic heterocycles. The first-order valence-electron chi connectivity index (χ1n) is 7.25. The number of benzene rings is 1. The molecule has 0 bridgehead atoms. The summed E-state index contributed by atoms with van der Waals surface area (Å²) in [6, 6.07) is 8.67. The Labute approximate surface area is 118 Å². The number of allylic oxidation sites excluding steroid dienone is 1. The molecule has 0 spiro atoms. The Kier molecular flexibility index (Phi) is 5.65. The van der Waals surface area contributed by atoms with Gasteiger partial charge < -0.3 is 4.74 Å². The van der Waals surface area contributed by atoms with Crippen LogP contribution in [0.15, 0.2) is 36.6 Å². The van der Waals surface area contributed by atoms with Gasteiger partial charge in [0, 0.05) is 6.42 Å². The first kappa shape index (κ1) is 15.8. The van der Waals surface area contributed by atoms with Crippen LogP contribution in [0.25, 0.3) is 0 Å². The summed E-state index contributed by atoms with van der Waals surface area (Å²) in [5.41, 5.74) is 2.71. The Morgan fingerprint density at radius 1 is 1.26 bits per heavy atom. The summed E-state index contributed by atoms with van der Waals surface area (Å²) in [6.07, 6.45) is 3.20. The molecule has 1 atom stereocenters. The van der Waals surface area contributed by atoms with Gasteiger partial charge in [0.25, 0.3) is 0 Å². The molecule has 1 aromatic carbocycles. The topological polar surface area (TPSA) is 9.23 Å². The lowest BCUT2D eigenvalue weighted by atomic mass is 9.89. The molecule has 0 radical (unpaired) electrons. The molecule has 0 saturated carbocycles. The van der Waals surface area contributed by atoms with Crippen molar-refractivity contribution in [1.29, 1.82) is 0 Å². The highest BCUT2D eigenvalue weighted by Gasteiger charge is 2.15. The van der Waals surface area contributed by atoms with Gasteiger partial charge in [0.2, 0.25) is 0 Å². The fourth-order valence-corrected chi connectivity index (χ4v) is 2.44. The summed E-state index contributed by atoms with van der Waals surface area (Å²) in [5.74, 6) is 1.50. The molecular formula is C18H28O. The van der Waals surface area contributed by atoms with Crippen LogP contribution in [0.1, 0.15) is 64.0 Å². The van der Waals surface area contributed by atoms with Gasteiger partial charge in [0.15, 0.2) is 0 Å². The van der Waals surface area contributed by atoms with Crippen molar-refractivity contribution in [2.24, 2.45) is 0 Å². The maximum Gasteiger partial charge on any atom is 0.100 e. The molecule has 0 saturated heterocycles. The normalized spacial score (nSPS) is 13.1. The van der Waals surface area contributed by atoms with Crippen molar-refractivity contribution in [1.82, 2.24) is 0 Å². The minimum Gasteiger partial charge on any atom is -0.493 e. The third kappa shape index (κ3) is 5.50. The van der Waals surface area contributed by atoms with Crippen LogP contribution < -0.4 is 0 Å². The molecule has 1 unspecified atom stereocenters. The summed E-state index contributed by atoms with van der Waals surface area (Å²) in [6.45, 7) is 14.7. The first-order chi connectivity index (χ1) is 8.83. The van der Waals surface area contributed by atoms with E-state index in [1.807, 2.05) is 0 Å². The van der Waals surface area contributed by atoms with Crippen molar-refractivity contribution in [3.05, 3.63) is 47.7 Å². The van der Waals surface area contributed by atoms with E-state index in [1.54, 1.807) is 0 Å². The van der Waals surface area contributed by atoms with E-state index in [2.05, 4.69) is 65.5 Å². The average molecular weight is 260 g/mol. The molecule has 0 N–H and O–H groups in total. The Morgan fingerprint density at radius 3 is 2.42 bits per heavy atom. The van der Waals surface area contributed by atoms with Gasteiger partial charge in [-0.25, -0.2) is 0 Å². The molecule has 0 aliphatic rings. The SMILES string of the molecule is C=C(CCC(CC)c1ccccc1C)OC(C)(C)C. The van der Waals surface area contributed by atoms with Crippen molar-refractivity contribution in [3.8, 4) is 0 Å². The molecule has 19 heavy (non-hydrogen) atoms. The standard InChI is InChI=1S/C18H28O/c1-7-16(17-11-9-8-10-14(17)2)13-12-15(3)19-18(4,5)6/h8-11,16H,3,7,12-13H2,1-2,4-6H3. The third-order valence-electron chi connectivity index (χ3n) is 3.34. The number of rotatable bonds is 6. The molecule has 106 valence electrons. The van der Waals surface area contributed by atoms with Crippen molar-refractivity contribution in [2.75, 3.05) is 0 Å². The average Bonchev–Trinajstić information content (AvgIpc) is 2.29. The zero-order valence-electron chi connectivity index (χ0n) is 13.1. The zero-order chi connectivity index (χ0) is 14.5. The number of hydrogen-bond donors (Lipinski definition) is 0. The highest BCUT2D eigenvalue weighted by molar-refractivity contribution is 5.29. The quantitative estimate of drug-likeness (QED) is 0.605. The smallest absolute Gasteiger partial charge is 0.100 e. The summed E-state index contributed by atoms with van der Waals surface area (Å²) in [7, 11) is 0. The van der Waals surface area contributed by atoms with Crippen molar-refractivity contribution in [3.63, 3.8) is 0 Å². The predicted molar refractivity (Wildman–Crippen MR) is 83.4 cm³/mol. The largest absolute Gasteiger partial charge is 0.493 e. The number of hydrogen-bond acceptors (Lipinski definition) is 1. The fourth-order valence-electron chi connectivity index (χ4n) is 2.44. The Morgan fingerprint density at radius 2 is 1.89 bits per heavy atom. The second-order valence-electron chi connectivity index (χ2n) is 6.25. The van der Waals surface area contributed by atoms with Crippen LogP contribution in [0.4, 0.5) is 0 Å². The van der Waals surface area contributed by atoms with Gasteiger partial charge in [-0.15, -0.1) is 0 Å². The maximum atomic E-state index is 5.80. The van der Waals surface area contributed by atoms with Crippen molar-refractivity contribution < 1.29 is 4.74 Å². The van der Waals surface area contributed by atoms with Crippen molar-refractivity contribution in [2.45, 2.75) is 65.4 Å². The number of aryl methyl sites for hydroxylation is 1. The van der Waals surface area contributed by atoms with Crippen LogP contribution >= 0.6 is 0 Å². The van der Waals surface area contributed by atoms with Crippen LogP contribution in [0.3, 0.4) is 0 Å². The Bertz CT molecular complexity index is 412. The van der Waals surface area contributed by atoms with Crippen LogP contribution in [0.5, 0.6) is 0 Å². The van der Waals surface area contributed by atoms with Crippen molar-refractivity contribution >= 4 is 0 Å². The Hall–Kier alpha value is -1.24. The lowest BCUT2D eigenvalue weighted by molar-refractivity contribution is 0.0469. The van der Waals surface area contributed by atoms with Gasteiger partial charge in [0.1, 0.15) is 5.60 Å². The van der Waals surface area contributed by atoms with E-state index in [4.69, 9.17) is 4.74 Å². The second-order valence-corrected chi connectivity index (χ2v) is 6.25. The van der Waals surface area contributed by atoms with Crippen LogP contribution in [0.2, 0.25) is 0 Å². The van der Waals surface area contributed by atoms with E-state index >= 15 is 0 Å². The minimum absolute atomic E-state index is 0.137. The molecule has 1 nitrogen and oxygen atoms in total. The van der Waals surface area contributed by atoms with Crippen LogP contribution in [-0.4, -0.2) is 5.60 Å². The van der Waals surface area contributed by atoms with E-state index in [-0.39, 0.29) is 5.60 Å². The van der Waals surface area contributed by atoms with E-state index in [0.717, 1.165) is 25.0 Å². The summed E-state index contributed by atoms with van der Waals surface area (Å²) < 4.78 is 5.80. The van der Waals surface area contributed by atoms with E-state index < -0.39 is 0 Å². The van der Waals surface area contributed by atoms with Gasteiger partial charge in [-0.2, -0.15) is 0 Å². The lowest BCUT2D eigenvalue weighted by Gasteiger charge is -2.24. The molecule has 0 heterocycles. The molecular weight excluding hydrogens is 232 g/mol. The van der Waals surface area contributed by atoms with Crippen LogP contribution in [-0.2, 0) is 4.74 Å². The minimum atomic E-state index is -0.137. The maximum absolute atomic E-state index is 5.80. The summed E-state index contributed by atoms with van der Waals surface area (Å²) in [4.78, 5) is 0. The molecule has 0 aliphatic carbocycles. The van der Waals surface area contributed by atoms with Gasteiger partial charge in [-0.3, -0.25) is 0 Å². The summed E-state index contributed by atoms with van der Waals surface area (Å²) >= 11 is 0. The van der Waals surface area contributed by atoms with E-state index in [9.17, 15) is 0 Å². The lowest BCUT2D eigenvalue weighted by Crippen LogP contribution is -2.18. The summed E-state index contributed by atoms with van der Waals surface area (Å²) in [5, 5.41) is 0. The third-order valence-corrected chi connectivity index (χ3v) is 3.34. The molecule has 0 amide bonds. The molecule has 0 aromatic heterocycles. The van der Waals surface area contributed by atoms with E-state index in [1.165, 1.54) is 11.1 Å². The molecule has 1 rings (SSSR count). The fraction of sp³-hybridized carbons (Fsp3) is 0.556. The number of ether oxygens (including phenoxy) is 1. The van der Waals surface area contributed by atoms with Gasteiger partial charge >= 0.3 is 0 Å². The monoisotopic (exact) mass is 260 g/mol. The predicted octanol–water partition coefficient (Wildman–Crippen LogP) is 5.60. The molecule has 1 heteroatoms. The highest BCUT2D eigenvalue weighted by atomic mass is 16.5. The second kappa shape index (κ2) is 6.79. The highest BCUT2D eigenvalue weighted by Crippen LogP contribution is 2.29. The van der Waals surface area contributed by atoms with E-state index in [0.29, 0.717) is 5.92 Å².